The van der Waals surface area contributed by atoms with E-state index >= 15 is 0 Å². The van der Waals surface area contributed by atoms with Crippen LogP contribution in [0.25, 0.3) is 0 Å². The monoisotopic (exact) mass is 221 g/mol. The lowest BCUT2D eigenvalue weighted by Gasteiger charge is -2.11. The Morgan fingerprint density at radius 2 is 2.00 bits per heavy atom. The van der Waals surface area contributed by atoms with E-state index in [1.807, 2.05) is 0 Å². The molecule has 0 radical (unpaired) electrons. The minimum Gasteiger partial charge on any atom is -0.422 e. The number of carbonyl (C=O) groups excluding carboxylic acids is 2. The number of nitriles is 1. The van der Waals surface area contributed by atoms with Gasteiger partial charge in [0.05, 0.1) is 0 Å². The molecule has 0 N–H and O–H groups in total. The van der Waals surface area contributed by atoms with Gasteiger partial charge in [-0.1, -0.05) is 19.2 Å². The van der Waals surface area contributed by atoms with Crippen LogP contribution in [0.3, 0.4) is 0 Å². The highest BCUT2D eigenvalue weighted by Crippen LogP contribution is 2.02. The Hall–Kier alpha value is -2.35. The molecule has 5 heteroatoms. The van der Waals surface area contributed by atoms with Crippen molar-refractivity contribution in [1.29, 1.82) is 5.26 Å². The molecule has 0 rings (SSSR count). The fraction of sp³-hybridized carbons (Fsp3) is 0.182. The van der Waals surface area contributed by atoms with Crippen molar-refractivity contribution in [2.75, 3.05) is 0 Å². The molecule has 0 aromatic carbocycles. The van der Waals surface area contributed by atoms with Crippen LogP contribution in [0, 0.1) is 11.3 Å². The number of rotatable bonds is 5. The summed E-state index contributed by atoms with van der Waals surface area (Å²) in [7, 11) is 0. The van der Waals surface area contributed by atoms with Gasteiger partial charge in [0.25, 0.3) is 0 Å². The average molecular weight is 221 g/mol. The molecular weight excluding hydrogens is 210 g/mol. The highest BCUT2D eigenvalue weighted by atomic mass is 16.7. The molecule has 1 atom stereocenters. The van der Waals surface area contributed by atoms with Crippen molar-refractivity contribution < 1.29 is 19.1 Å². The largest absolute Gasteiger partial charge is 0.422 e. The molecule has 0 amide bonds. The van der Waals surface area contributed by atoms with Crippen LogP contribution in [-0.4, -0.2) is 18.2 Å². The molecule has 0 aromatic heterocycles. The fourth-order valence-electron chi connectivity index (χ4n) is 0.719. The Kier molecular flexibility index (Phi) is 5.98. The standard InChI is InChI=1S/C11H11NO4/c1-4-6-9(7-12)11(14)16-8(3)15-10(13)5-2/h4-6,8H,1-2H2,3H3/b9-6+. The number of hydrogen-bond donors (Lipinski definition) is 0. The van der Waals surface area contributed by atoms with Crippen LogP contribution >= 0.6 is 0 Å². The van der Waals surface area contributed by atoms with Crippen LogP contribution in [-0.2, 0) is 19.1 Å². The second-order valence-corrected chi connectivity index (χ2v) is 2.54. The third-order valence-corrected chi connectivity index (χ3v) is 1.35. The van der Waals surface area contributed by atoms with Gasteiger partial charge in [-0.3, -0.25) is 0 Å². The van der Waals surface area contributed by atoms with E-state index < -0.39 is 18.2 Å². The lowest BCUT2D eigenvalue weighted by atomic mass is 10.3. The van der Waals surface area contributed by atoms with Crippen molar-refractivity contribution in [3.8, 4) is 6.07 Å². The Labute approximate surface area is 93.3 Å². The molecule has 0 aliphatic carbocycles. The molecule has 0 aromatic rings. The van der Waals surface area contributed by atoms with Gasteiger partial charge in [-0.15, -0.1) is 0 Å². The van der Waals surface area contributed by atoms with Crippen molar-refractivity contribution in [3.05, 3.63) is 37.0 Å². The summed E-state index contributed by atoms with van der Waals surface area (Å²) in [6.07, 6.45) is 2.33. The van der Waals surface area contributed by atoms with E-state index in [0.29, 0.717) is 0 Å². The van der Waals surface area contributed by atoms with Crippen LogP contribution < -0.4 is 0 Å². The Morgan fingerprint density at radius 1 is 1.38 bits per heavy atom. The average Bonchev–Trinajstić information content (AvgIpc) is 2.25. The lowest BCUT2D eigenvalue weighted by molar-refractivity contribution is -0.177. The zero-order valence-electron chi connectivity index (χ0n) is 8.80. The van der Waals surface area contributed by atoms with Gasteiger partial charge in [-0.25, -0.2) is 9.59 Å². The van der Waals surface area contributed by atoms with Gasteiger partial charge in [0.15, 0.2) is 0 Å². The van der Waals surface area contributed by atoms with Crippen molar-refractivity contribution >= 4 is 11.9 Å². The van der Waals surface area contributed by atoms with Gasteiger partial charge in [0, 0.05) is 13.0 Å². The molecule has 0 saturated carbocycles. The first kappa shape index (κ1) is 13.7. The summed E-state index contributed by atoms with van der Waals surface area (Å²) < 4.78 is 9.24. The summed E-state index contributed by atoms with van der Waals surface area (Å²) in [6, 6.07) is 1.63. The summed E-state index contributed by atoms with van der Waals surface area (Å²) in [5, 5.41) is 8.58. The van der Waals surface area contributed by atoms with Crippen molar-refractivity contribution in [2.45, 2.75) is 13.2 Å². The van der Waals surface area contributed by atoms with Gasteiger partial charge in [0.2, 0.25) is 6.29 Å². The van der Waals surface area contributed by atoms with E-state index in [4.69, 9.17) is 5.26 Å². The highest BCUT2D eigenvalue weighted by molar-refractivity contribution is 5.93. The van der Waals surface area contributed by atoms with Gasteiger partial charge in [-0.05, 0) is 6.08 Å². The summed E-state index contributed by atoms with van der Waals surface area (Å²) in [4.78, 5) is 22.0. The SMILES string of the molecule is C=C/C=C(\C#N)C(=O)OC(C)OC(=O)C=C. The van der Waals surface area contributed by atoms with E-state index in [0.717, 1.165) is 6.08 Å². The van der Waals surface area contributed by atoms with Crippen molar-refractivity contribution in [3.63, 3.8) is 0 Å². The molecule has 0 heterocycles. The van der Waals surface area contributed by atoms with Crippen molar-refractivity contribution in [2.24, 2.45) is 0 Å². The van der Waals surface area contributed by atoms with Crippen LogP contribution in [0.15, 0.2) is 37.0 Å². The van der Waals surface area contributed by atoms with Gasteiger partial charge < -0.3 is 9.47 Å². The molecule has 0 spiro atoms. The molecular formula is C11H11NO4. The summed E-state index contributed by atoms with van der Waals surface area (Å²) in [5.74, 6) is -1.60. The third-order valence-electron chi connectivity index (χ3n) is 1.35. The van der Waals surface area contributed by atoms with Gasteiger partial charge >= 0.3 is 11.9 Å². The predicted octanol–water partition coefficient (Wildman–Crippen LogP) is 1.24. The smallest absolute Gasteiger partial charge is 0.351 e. The molecule has 0 aliphatic heterocycles. The predicted molar refractivity (Wildman–Crippen MR) is 55.7 cm³/mol. The van der Waals surface area contributed by atoms with E-state index in [1.54, 1.807) is 6.07 Å². The third kappa shape index (κ3) is 4.77. The maximum atomic E-state index is 11.3. The van der Waals surface area contributed by atoms with Gasteiger partial charge in [0.1, 0.15) is 11.6 Å². The van der Waals surface area contributed by atoms with Crippen LogP contribution in [0.4, 0.5) is 0 Å². The van der Waals surface area contributed by atoms with E-state index in [1.165, 1.54) is 19.1 Å². The quantitative estimate of drug-likeness (QED) is 0.229. The summed E-state index contributed by atoms with van der Waals surface area (Å²) in [5.41, 5.74) is -0.225. The first-order valence-electron chi connectivity index (χ1n) is 4.32. The van der Waals surface area contributed by atoms with E-state index in [-0.39, 0.29) is 5.57 Å². The number of esters is 2. The fourth-order valence-corrected chi connectivity index (χ4v) is 0.719. The van der Waals surface area contributed by atoms with E-state index in [9.17, 15) is 9.59 Å². The van der Waals surface area contributed by atoms with E-state index in [2.05, 4.69) is 22.6 Å². The Balaban J connectivity index is 4.40. The maximum absolute atomic E-state index is 11.3. The normalized spacial score (nSPS) is 11.9. The van der Waals surface area contributed by atoms with Crippen LogP contribution in [0.1, 0.15) is 6.92 Å². The summed E-state index contributed by atoms with van der Waals surface area (Å²) >= 11 is 0. The van der Waals surface area contributed by atoms with Crippen molar-refractivity contribution in [1.82, 2.24) is 0 Å². The Bertz CT molecular complexity index is 376. The lowest BCUT2D eigenvalue weighted by Crippen LogP contribution is -2.21. The molecule has 0 saturated heterocycles. The molecule has 5 nitrogen and oxygen atoms in total. The minimum atomic E-state index is -1.08. The molecule has 84 valence electrons. The highest BCUT2D eigenvalue weighted by Gasteiger charge is 2.15. The number of ether oxygens (including phenoxy) is 2. The molecule has 0 bridgehead atoms. The number of nitrogens with zero attached hydrogens (tertiary/aromatic N) is 1. The Morgan fingerprint density at radius 3 is 2.44 bits per heavy atom. The molecule has 1 unspecified atom stereocenters. The first-order valence-corrected chi connectivity index (χ1v) is 4.32. The molecule has 0 aliphatic rings. The van der Waals surface area contributed by atoms with Crippen LogP contribution in [0.5, 0.6) is 0 Å². The second kappa shape index (κ2) is 7.01. The zero-order chi connectivity index (χ0) is 12.6. The summed E-state index contributed by atoms with van der Waals surface area (Å²) in [6.45, 7) is 7.87. The number of carbonyl (C=O) groups is 2. The maximum Gasteiger partial charge on any atom is 0.351 e. The second-order valence-electron chi connectivity index (χ2n) is 2.54. The van der Waals surface area contributed by atoms with Crippen LogP contribution in [0.2, 0.25) is 0 Å². The zero-order valence-corrected chi connectivity index (χ0v) is 8.80. The number of hydrogen-bond acceptors (Lipinski definition) is 5. The van der Waals surface area contributed by atoms with Gasteiger partial charge in [-0.2, -0.15) is 5.26 Å². The topological polar surface area (TPSA) is 76.4 Å². The minimum absolute atomic E-state index is 0.225. The first-order chi connectivity index (χ1) is 7.54. The molecule has 0 fully saturated rings. The number of allylic oxidation sites excluding steroid dienone is 2. The molecule has 16 heavy (non-hydrogen) atoms.